The van der Waals surface area contributed by atoms with E-state index in [1.165, 1.54) is 39.2 Å². The van der Waals surface area contributed by atoms with Gasteiger partial charge in [0.15, 0.2) is 0 Å². The summed E-state index contributed by atoms with van der Waals surface area (Å²) in [5.74, 6) is 0. The Morgan fingerprint density at radius 1 is 0.652 bits per heavy atom. The fourth-order valence-corrected chi connectivity index (χ4v) is 2.85. The molecule has 118 valence electrons. The zero-order valence-corrected chi connectivity index (χ0v) is 14.6. The standard InChI is InChI=1S/C21H24N2/c1-15-12-20(23(4)5)10-11-21(15)18-13-17(14-18)16-6-8-19(9-7-16)22(2)3/h6-14H,1-5H3. The van der Waals surface area contributed by atoms with Gasteiger partial charge in [-0.1, -0.05) is 18.2 Å². The van der Waals surface area contributed by atoms with Crippen LogP contribution in [0.25, 0.3) is 11.1 Å². The molecule has 0 aromatic heterocycles. The van der Waals surface area contributed by atoms with Gasteiger partial charge in [0.1, 0.15) is 0 Å². The SMILES string of the molecule is Cc1cc(N(C)C)ccc1C1=CC(c2ccc(N(C)C)cc2)=C1. The van der Waals surface area contributed by atoms with Crippen LogP contribution in [0.1, 0.15) is 16.7 Å². The third kappa shape index (κ3) is 3.02. The van der Waals surface area contributed by atoms with Gasteiger partial charge >= 0.3 is 0 Å². The number of nitrogens with zero attached hydrogens (tertiary/aromatic N) is 2. The Hall–Kier alpha value is -2.48. The molecule has 0 spiro atoms. The molecule has 2 aromatic rings. The Morgan fingerprint density at radius 2 is 1.22 bits per heavy atom. The van der Waals surface area contributed by atoms with Gasteiger partial charge in [0.25, 0.3) is 0 Å². The molecule has 0 N–H and O–H groups in total. The second-order valence-corrected chi connectivity index (χ2v) is 6.53. The monoisotopic (exact) mass is 304 g/mol. The fourth-order valence-electron chi connectivity index (χ4n) is 2.85. The molecule has 23 heavy (non-hydrogen) atoms. The molecule has 0 saturated carbocycles. The van der Waals surface area contributed by atoms with Crippen molar-refractivity contribution in [1.82, 2.24) is 0 Å². The highest BCUT2D eigenvalue weighted by atomic mass is 15.1. The van der Waals surface area contributed by atoms with E-state index in [1.807, 2.05) is 0 Å². The van der Waals surface area contributed by atoms with Crippen molar-refractivity contribution < 1.29 is 0 Å². The van der Waals surface area contributed by atoms with Crippen LogP contribution in [-0.4, -0.2) is 28.2 Å². The molecule has 2 aromatic carbocycles. The molecule has 0 fully saturated rings. The first-order valence-electron chi connectivity index (χ1n) is 7.95. The van der Waals surface area contributed by atoms with E-state index in [1.54, 1.807) is 0 Å². The van der Waals surface area contributed by atoms with Crippen LogP contribution in [0.5, 0.6) is 0 Å². The van der Waals surface area contributed by atoms with Crippen molar-refractivity contribution in [2.45, 2.75) is 6.92 Å². The van der Waals surface area contributed by atoms with Gasteiger partial charge in [-0.05, 0) is 71.2 Å². The van der Waals surface area contributed by atoms with Crippen LogP contribution < -0.4 is 9.80 Å². The molecular weight excluding hydrogens is 280 g/mol. The van der Waals surface area contributed by atoms with E-state index in [0.717, 1.165) is 0 Å². The Kier molecular flexibility index (Phi) is 3.99. The highest BCUT2D eigenvalue weighted by Gasteiger charge is 2.14. The lowest BCUT2D eigenvalue weighted by Gasteiger charge is -2.20. The largest absolute Gasteiger partial charge is 0.378 e. The average molecular weight is 304 g/mol. The second kappa shape index (κ2) is 5.96. The summed E-state index contributed by atoms with van der Waals surface area (Å²) in [4.78, 5) is 4.26. The molecule has 0 atom stereocenters. The lowest BCUT2D eigenvalue weighted by atomic mass is 9.87. The minimum atomic E-state index is 1.23. The Balaban J connectivity index is 1.78. The molecule has 2 nitrogen and oxygen atoms in total. The van der Waals surface area contributed by atoms with Gasteiger partial charge in [-0.25, -0.2) is 0 Å². The fraction of sp³-hybridized carbons (Fsp3) is 0.238. The van der Waals surface area contributed by atoms with E-state index >= 15 is 0 Å². The van der Waals surface area contributed by atoms with Crippen molar-refractivity contribution >= 4 is 22.5 Å². The first-order chi connectivity index (χ1) is 11.0. The average Bonchev–Trinajstić information content (AvgIpc) is 2.47. The highest BCUT2D eigenvalue weighted by Crippen LogP contribution is 2.36. The molecule has 1 aliphatic carbocycles. The van der Waals surface area contributed by atoms with Gasteiger partial charge in [0.2, 0.25) is 0 Å². The summed E-state index contributed by atoms with van der Waals surface area (Å²) in [5, 5.41) is 0. The molecule has 2 heteroatoms. The van der Waals surface area contributed by atoms with Gasteiger partial charge in [-0.2, -0.15) is 0 Å². The molecule has 3 rings (SSSR count). The summed E-state index contributed by atoms with van der Waals surface area (Å²) in [6, 6.07) is 15.4. The summed E-state index contributed by atoms with van der Waals surface area (Å²) in [7, 11) is 8.28. The molecule has 0 radical (unpaired) electrons. The van der Waals surface area contributed by atoms with Crippen LogP contribution in [0.4, 0.5) is 11.4 Å². The van der Waals surface area contributed by atoms with E-state index in [0.29, 0.717) is 0 Å². The summed E-state index contributed by atoms with van der Waals surface area (Å²) >= 11 is 0. The molecule has 1 aliphatic rings. The smallest absolute Gasteiger partial charge is 0.0364 e. The van der Waals surface area contributed by atoms with Crippen LogP contribution in [0, 0.1) is 6.92 Å². The van der Waals surface area contributed by atoms with Crippen LogP contribution in [0.3, 0.4) is 0 Å². The lowest BCUT2D eigenvalue weighted by molar-refractivity contribution is 1.13. The quantitative estimate of drug-likeness (QED) is 0.814. The van der Waals surface area contributed by atoms with Gasteiger partial charge < -0.3 is 9.80 Å². The normalized spacial score (nSPS) is 13.1. The summed E-state index contributed by atoms with van der Waals surface area (Å²) < 4.78 is 0. The van der Waals surface area contributed by atoms with E-state index in [-0.39, 0.29) is 0 Å². The molecule has 0 aliphatic heterocycles. The molecule has 0 unspecified atom stereocenters. The predicted octanol–water partition coefficient (Wildman–Crippen LogP) is 4.61. The van der Waals surface area contributed by atoms with Crippen molar-refractivity contribution in [2.24, 2.45) is 0 Å². The number of benzene rings is 2. The zero-order valence-electron chi connectivity index (χ0n) is 14.6. The van der Waals surface area contributed by atoms with E-state index in [4.69, 9.17) is 0 Å². The minimum absolute atomic E-state index is 1.23. The van der Waals surface area contributed by atoms with Crippen LogP contribution in [0.2, 0.25) is 0 Å². The van der Waals surface area contributed by atoms with Gasteiger partial charge in [0.05, 0.1) is 0 Å². The first kappa shape index (κ1) is 15.4. The highest BCUT2D eigenvalue weighted by molar-refractivity contribution is 6.01. The molecule has 0 amide bonds. The van der Waals surface area contributed by atoms with Gasteiger partial charge in [0, 0.05) is 39.6 Å². The number of hydrogen-bond acceptors (Lipinski definition) is 2. The van der Waals surface area contributed by atoms with Gasteiger partial charge in [-0.15, -0.1) is 0 Å². The predicted molar refractivity (Wildman–Crippen MR) is 102 cm³/mol. The van der Waals surface area contributed by atoms with E-state index in [9.17, 15) is 0 Å². The summed E-state index contributed by atoms with van der Waals surface area (Å²) in [6.45, 7) is 2.18. The zero-order chi connectivity index (χ0) is 16.6. The van der Waals surface area contributed by atoms with Crippen LogP contribution in [0.15, 0.2) is 54.6 Å². The Morgan fingerprint density at radius 3 is 1.74 bits per heavy atom. The maximum absolute atomic E-state index is 2.28. The van der Waals surface area contributed by atoms with Crippen molar-refractivity contribution in [3.8, 4) is 0 Å². The second-order valence-electron chi connectivity index (χ2n) is 6.53. The Bertz CT molecular complexity index is 778. The number of rotatable bonds is 4. The van der Waals surface area contributed by atoms with Crippen LogP contribution in [-0.2, 0) is 0 Å². The Labute approximate surface area is 139 Å². The minimum Gasteiger partial charge on any atom is -0.378 e. The topological polar surface area (TPSA) is 6.48 Å². The van der Waals surface area contributed by atoms with Crippen LogP contribution >= 0.6 is 0 Å². The number of hydrogen-bond donors (Lipinski definition) is 0. The van der Waals surface area contributed by atoms with Crippen molar-refractivity contribution in [2.75, 3.05) is 38.0 Å². The molecule has 0 saturated heterocycles. The van der Waals surface area contributed by atoms with Crippen molar-refractivity contribution in [3.05, 3.63) is 71.3 Å². The number of aryl methyl sites for hydroxylation is 1. The maximum atomic E-state index is 2.28. The van der Waals surface area contributed by atoms with Crippen molar-refractivity contribution in [1.29, 1.82) is 0 Å². The third-order valence-corrected chi connectivity index (χ3v) is 4.38. The number of anilines is 2. The lowest BCUT2D eigenvalue weighted by Crippen LogP contribution is -2.09. The van der Waals surface area contributed by atoms with E-state index < -0.39 is 0 Å². The molecule has 0 bridgehead atoms. The first-order valence-corrected chi connectivity index (χ1v) is 7.95. The number of allylic oxidation sites excluding steroid dienone is 4. The maximum Gasteiger partial charge on any atom is 0.0364 e. The molecular formula is C21H24N2. The van der Waals surface area contributed by atoms with E-state index in [2.05, 4.69) is 99.5 Å². The summed E-state index contributed by atoms with van der Waals surface area (Å²) in [5.41, 5.74) is 9.02. The molecule has 0 heterocycles. The summed E-state index contributed by atoms with van der Waals surface area (Å²) in [6.07, 6.45) is 4.56. The van der Waals surface area contributed by atoms with Crippen molar-refractivity contribution in [3.63, 3.8) is 0 Å². The van der Waals surface area contributed by atoms with Gasteiger partial charge in [-0.3, -0.25) is 0 Å². The third-order valence-electron chi connectivity index (χ3n) is 4.38.